The van der Waals surface area contributed by atoms with Crippen molar-refractivity contribution in [1.29, 1.82) is 0 Å². The minimum absolute atomic E-state index is 0.554. The summed E-state index contributed by atoms with van der Waals surface area (Å²) in [7, 11) is 0. The second-order valence-corrected chi connectivity index (χ2v) is 4.54. The quantitative estimate of drug-likeness (QED) is 0.664. The molecule has 0 saturated carbocycles. The molecule has 2 aromatic rings. The van der Waals surface area contributed by atoms with Crippen molar-refractivity contribution in [3.63, 3.8) is 0 Å². The molecule has 0 bridgehead atoms. The van der Waals surface area contributed by atoms with Crippen LogP contribution < -0.4 is 10.6 Å². The molecule has 4 nitrogen and oxygen atoms in total. The Kier molecular flexibility index (Phi) is 4.12. The topological polar surface area (TPSA) is 52.7 Å². The lowest BCUT2D eigenvalue weighted by molar-refractivity contribution is 0.556. The lowest BCUT2D eigenvalue weighted by atomic mass is 10.2. The van der Waals surface area contributed by atoms with Crippen molar-refractivity contribution in [2.45, 2.75) is 26.4 Å². The summed E-state index contributed by atoms with van der Waals surface area (Å²) in [5.41, 5.74) is 3.41. The lowest BCUT2D eigenvalue weighted by Crippen LogP contribution is -2.31. The third-order valence-electron chi connectivity index (χ3n) is 2.67. The highest BCUT2D eigenvalue weighted by molar-refractivity contribution is 5.74. The van der Waals surface area contributed by atoms with Crippen molar-refractivity contribution in [1.82, 2.24) is 20.6 Å². The van der Waals surface area contributed by atoms with Gasteiger partial charge in [-0.1, -0.05) is 19.9 Å². The number of imidazole rings is 1. The molecule has 0 amide bonds. The summed E-state index contributed by atoms with van der Waals surface area (Å²) in [4.78, 5) is 7.33. The van der Waals surface area contributed by atoms with E-state index < -0.39 is 0 Å². The van der Waals surface area contributed by atoms with Crippen LogP contribution in [0.5, 0.6) is 0 Å². The molecule has 3 N–H and O–H groups in total. The van der Waals surface area contributed by atoms with Crippen molar-refractivity contribution in [3.8, 4) is 0 Å². The first-order chi connectivity index (χ1) is 8.25. The molecule has 1 heterocycles. The van der Waals surface area contributed by atoms with Crippen LogP contribution in [0.3, 0.4) is 0 Å². The minimum atomic E-state index is 0.554. The highest BCUT2D eigenvalue weighted by Gasteiger charge is 1.98. The Bertz CT molecular complexity index is 461. The Balaban J connectivity index is 1.78. The van der Waals surface area contributed by atoms with Gasteiger partial charge >= 0.3 is 0 Å². The van der Waals surface area contributed by atoms with E-state index >= 15 is 0 Å². The molecule has 0 spiro atoms. The van der Waals surface area contributed by atoms with Crippen molar-refractivity contribution in [2.75, 3.05) is 13.1 Å². The normalized spacial score (nSPS) is 11.5. The lowest BCUT2D eigenvalue weighted by Gasteiger charge is -2.09. The Morgan fingerprint density at radius 2 is 2.18 bits per heavy atom. The zero-order valence-corrected chi connectivity index (χ0v) is 10.5. The van der Waals surface area contributed by atoms with Gasteiger partial charge in [0.15, 0.2) is 0 Å². The second-order valence-electron chi connectivity index (χ2n) is 4.54. The standard InChI is InChI=1S/C13H20N4/c1-10(2)15-6-5-14-8-11-3-4-12-13(7-11)17-9-16-12/h3-4,7,9-10,14-15H,5-6,8H2,1-2H3,(H,16,17). The first-order valence-electron chi connectivity index (χ1n) is 6.12. The molecular formula is C13H20N4. The van der Waals surface area contributed by atoms with E-state index in [1.54, 1.807) is 6.33 Å². The monoisotopic (exact) mass is 232 g/mol. The van der Waals surface area contributed by atoms with Gasteiger partial charge in [-0.3, -0.25) is 0 Å². The highest BCUT2D eigenvalue weighted by atomic mass is 15.0. The molecule has 17 heavy (non-hydrogen) atoms. The van der Waals surface area contributed by atoms with Crippen LogP contribution >= 0.6 is 0 Å². The molecule has 2 rings (SSSR count). The van der Waals surface area contributed by atoms with Crippen LogP contribution in [0.25, 0.3) is 11.0 Å². The molecular weight excluding hydrogens is 212 g/mol. The zero-order valence-electron chi connectivity index (χ0n) is 10.5. The number of aromatic amines is 1. The van der Waals surface area contributed by atoms with Crippen LogP contribution in [0.2, 0.25) is 0 Å². The first kappa shape index (κ1) is 12.1. The molecule has 0 aliphatic heterocycles. The van der Waals surface area contributed by atoms with Crippen molar-refractivity contribution < 1.29 is 0 Å². The summed E-state index contributed by atoms with van der Waals surface area (Å²) >= 11 is 0. The number of benzene rings is 1. The largest absolute Gasteiger partial charge is 0.345 e. The number of nitrogens with one attached hydrogen (secondary N) is 3. The number of nitrogens with zero attached hydrogens (tertiary/aromatic N) is 1. The number of hydrogen-bond acceptors (Lipinski definition) is 3. The fourth-order valence-electron chi connectivity index (χ4n) is 1.77. The van der Waals surface area contributed by atoms with Gasteiger partial charge in [-0.05, 0) is 17.7 Å². The maximum Gasteiger partial charge on any atom is 0.0931 e. The van der Waals surface area contributed by atoms with Crippen molar-refractivity contribution >= 4 is 11.0 Å². The van der Waals surface area contributed by atoms with E-state index in [4.69, 9.17) is 0 Å². The number of aromatic nitrogens is 2. The number of hydrogen-bond donors (Lipinski definition) is 3. The SMILES string of the molecule is CC(C)NCCNCc1ccc2nc[nH]c2c1. The van der Waals surface area contributed by atoms with E-state index in [0.29, 0.717) is 6.04 Å². The molecule has 1 aromatic carbocycles. The summed E-state index contributed by atoms with van der Waals surface area (Å²) in [6, 6.07) is 6.87. The van der Waals surface area contributed by atoms with Crippen molar-refractivity contribution in [3.05, 3.63) is 30.1 Å². The molecule has 0 fully saturated rings. The molecule has 0 aliphatic rings. The maximum atomic E-state index is 4.20. The average molecular weight is 232 g/mol. The minimum Gasteiger partial charge on any atom is -0.345 e. The summed E-state index contributed by atoms with van der Waals surface area (Å²) < 4.78 is 0. The van der Waals surface area contributed by atoms with Crippen LogP contribution in [-0.4, -0.2) is 29.1 Å². The fourth-order valence-corrected chi connectivity index (χ4v) is 1.77. The van der Waals surface area contributed by atoms with Gasteiger partial charge in [0.1, 0.15) is 0 Å². The van der Waals surface area contributed by atoms with E-state index in [-0.39, 0.29) is 0 Å². The van der Waals surface area contributed by atoms with Crippen LogP contribution in [0.1, 0.15) is 19.4 Å². The van der Waals surface area contributed by atoms with Crippen LogP contribution in [0.4, 0.5) is 0 Å². The summed E-state index contributed by atoms with van der Waals surface area (Å²) in [5.74, 6) is 0. The highest BCUT2D eigenvalue weighted by Crippen LogP contribution is 2.11. The molecule has 0 aliphatic carbocycles. The van der Waals surface area contributed by atoms with Gasteiger partial charge in [0.2, 0.25) is 0 Å². The van der Waals surface area contributed by atoms with Gasteiger partial charge in [-0.25, -0.2) is 4.98 Å². The third-order valence-corrected chi connectivity index (χ3v) is 2.67. The van der Waals surface area contributed by atoms with Gasteiger partial charge in [-0.15, -0.1) is 0 Å². The number of H-pyrrole nitrogens is 1. The predicted octanol–water partition coefficient (Wildman–Crippen LogP) is 1.65. The van der Waals surface area contributed by atoms with Crippen LogP contribution in [0, 0.1) is 0 Å². The van der Waals surface area contributed by atoms with Crippen molar-refractivity contribution in [2.24, 2.45) is 0 Å². The van der Waals surface area contributed by atoms with E-state index in [9.17, 15) is 0 Å². The Hall–Kier alpha value is -1.39. The zero-order chi connectivity index (χ0) is 12.1. The number of fused-ring (bicyclic) bond motifs is 1. The van der Waals surface area contributed by atoms with Gasteiger partial charge in [-0.2, -0.15) is 0 Å². The molecule has 92 valence electrons. The molecule has 0 saturated heterocycles. The average Bonchev–Trinajstić information content (AvgIpc) is 2.75. The maximum absolute atomic E-state index is 4.20. The first-order valence-corrected chi connectivity index (χ1v) is 6.12. The smallest absolute Gasteiger partial charge is 0.0931 e. The van der Waals surface area contributed by atoms with E-state index in [1.165, 1.54) is 5.56 Å². The van der Waals surface area contributed by atoms with Gasteiger partial charge in [0.25, 0.3) is 0 Å². The fraction of sp³-hybridized carbons (Fsp3) is 0.462. The predicted molar refractivity (Wildman–Crippen MR) is 70.9 cm³/mol. The summed E-state index contributed by atoms with van der Waals surface area (Å²) in [5, 5.41) is 6.80. The van der Waals surface area contributed by atoms with Crippen LogP contribution in [0.15, 0.2) is 24.5 Å². The summed E-state index contributed by atoms with van der Waals surface area (Å²) in [6.07, 6.45) is 1.73. The van der Waals surface area contributed by atoms with Gasteiger partial charge < -0.3 is 15.6 Å². The Morgan fingerprint density at radius 1 is 1.29 bits per heavy atom. The van der Waals surface area contributed by atoms with E-state index in [0.717, 1.165) is 30.7 Å². The van der Waals surface area contributed by atoms with Gasteiger partial charge in [0.05, 0.1) is 17.4 Å². The molecule has 1 aromatic heterocycles. The van der Waals surface area contributed by atoms with Crippen LogP contribution in [-0.2, 0) is 6.54 Å². The number of rotatable bonds is 6. The molecule has 0 unspecified atom stereocenters. The molecule has 0 radical (unpaired) electrons. The Labute approximate surface area is 102 Å². The summed E-state index contributed by atoms with van der Waals surface area (Å²) in [6.45, 7) is 7.20. The van der Waals surface area contributed by atoms with Gasteiger partial charge in [0, 0.05) is 25.7 Å². The second kappa shape index (κ2) is 5.80. The van der Waals surface area contributed by atoms with E-state index in [2.05, 4.69) is 52.6 Å². The Morgan fingerprint density at radius 3 is 3.00 bits per heavy atom. The molecule has 4 heteroatoms. The van der Waals surface area contributed by atoms with E-state index in [1.807, 2.05) is 0 Å². The molecule has 0 atom stereocenters. The third kappa shape index (κ3) is 3.54.